The molecule has 0 bridgehead atoms. The maximum absolute atomic E-state index is 11.8. The molecule has 0 unspecified atom stereocenters. The van der Waals surface area contributed by atoms with E-state index in [1.165, 1.54) is 0 Å². The number of carbonyl (C=O) groups is 1. The van der Waals surface area contributed by atoms with E-state index in [1.54, 1.807) is 18.2 Å². The first kappa shape index (κ1) is 13.0. The maximum atomic E-state index is 11.8. The number of carbonyl (C=O) groups excluding carboxylic acids is 1. The summed E-state index contributed by atoms with van der Waals surface area (Å²) in [6, 6.07) is 9.82. The van der Waals surface area contributed by atoms with Crippen LogP contribution in [-0.2, 0) is 11.3 Å². The highest BCUT2D eigenvalue weighted by atomic mass is 16.1. The third kappa shape index (κ3) is 4.51. The van der Waals surface area contributed by atoms with Gasteiger partial charge in [0.05, 0.1) is 0 Å². The molecular formula is C15H17NO. The molecule has 0 aromatic heterocycles. The number of hydrogen-bond acceptors (Lipinski definition) is 1. The highest BCUT2D eigenvalue weighted by Gasteiger charge is 2.04. The Balaban J connectivity index is 2.60. The lowest BCUT2D eigenvalue weighted by molar-refractivity contribution is -0.117. The van der Waals surface area contributed by atoms with Gasteiger partial charge in [-0.1, -0.05) is 61.2 Å². The molecule has 0 aliphatic rings. The summed E-state index contributed by atoms with van der Waals surface area (Å²) in [4.78, 5) is 11.8. The van der Waals surface area contributed by atoms with Crippen molar-refractivity contribution >= 4 is 5.91 Å². The van der Waals surface area contributed by atoms with Crippen LogP contribution in [0, 0.1) is 0 Å². The van der Waals surface area contributed by atoms with E-state index in [1.807, 2.05) is 43.3 Å². The topological polar surface area (TPSA) is 29.1 Å². The summed E-state index contributed by atoms with van der Waals surface area (Å²) >= 11 is 0. The largest absolute Gasteiger partial charge is 0.348 e. The van der Waals surface area contributed by atoms with E-state index in [2.05, 4.69) is 11.9 Å². The molecule has 1 aromatic carbocycles. The van der Waals surface area contributed by atoms with Crippen molar-refractivity contribution in [3.8, 4) is 0 Å². The van der Waals surface area contributed by atoms with E-state index in [0.717, 1.165) is 5.56 Å². The lowest BCUT2D eigenvalue weighted by atomic mass is 10.2. The Morgan fingerprint density at radius 3 is 2.65 bits per heavy atom. The molecular weight excluding hydrogens is 210 g/mol. The van der Waals surface area contributed by atoms with Gasteiger partial charge in [0.15, 0.2) is 0 Å². The zero-order chi connectivity index (χ0) is 12.5. The Bertz CT molecular complexity index is 429. The van der Waals surface area contributed by atoms with Gasteiger partial charge in [0, 0.05) is 12.1 Å². The summed E-state index contributed by atoms with van der Waals surface area (Å²) in [5, 5.41) is 2.86. The molecule has 0 fully saturated rings. The van der Waals surface area contributed by atoms with Crippen LogP contribution in [0.1, 0.15) is 12.5 Å². The van der Waals surface area contributed by atoms with Gasteiger partial charge in [-0.3, -0.25) is 4.79 Å². The van der Waals surface area contributed by atoms with Gasteiger partial charge in [-0.2, -0.15) is 0 Å². The Morgan fingerprint density at radius 1 is 1.35 bits per heavy atom. The quantitative estimate of drug-likeness (QED) is 0.608. The van der Waals surface area contributed by atoms with Gasteiger partial charge in [-0.15, -0.1) is 0 Å². The van der Waals surface area contributed by atoms with Crippen molar-refractivity contribution in [2.75, 3.05) is 0 Å². The molecule has 1 aromatic rings. The van der Waals surface area contributed by atoms with Crippen LogP contribution in [0.5, 0.6) is 0 Å². The van der Waals surface area contributed by atoms with E-state index in [4.69, 9.17) is 0 Å². The lowest BCUT2D eigenvalue weighted by Crippen LogP contribution is -2.23. The van der Waals surface area contributed by atoms with E-state index in [-0.39, 0.29) is 5.91 Å². The van der Waals surface area contributed by atoms with Crippen molar-refractivity contribution in [3.63, 3.8) is 0 Å². The summed E-state index contributed by atoms with van der Waals surface area (Å²) in [6.45, 7) is 6.00. The van der Waals surface area contributed by atoms with Crippen molar-refractivity contribution in [1.29, 1.82) is 0 Å². The number of rotatable bonds is 5. The van der Waals surface area contributed by atoms with Crippen molar-refractivity contribution in [2.24, 2.45) is 0 Å². The van der Waals surface area contributed by atoms with Crippen LogP contribution in [0.3, 0.4) is 0 Å². The fourth-order valence-electron chi connectivity index (χ4n) is 1.39. The summed E-state index contributed by atoms with van der Waals surface area (Å²) in [5.41, 5.74) is 1.69. The highest BCUT2D eigenvalue weighted by molar-refractivity contribution is 5.96. The Hall–Kier alpha value is -2.09. The molecule has 2 nitrogen and oxygen atoms in total. The van der Waals surface area contributed by atoms with E-state index in [9.17, 15) is 4.79 Å². The second-order valence-electron chi connectivity index (χ2n) is 3.53. The molecule has 1 rings (SSSR count). The predicted octanol–water partition coefficient (Wildman–Crippen LogP) is 2.99. The van der Waals surface area contributed by atoms with Gasteiger partial charge >= 0.3 is 0 Å². The Labute approximate surface area is 102 Å². The first-order chi connectivity index (χ1) is 8.27. The third-order valence-corrected chi connectivity index (χ3v) is 2.20. The van der Waals surface area contributed by atoms with Crippen LogP contribution in [-0.4, -0.2) is 5.91 Å². The first-order valence-electron chi connectivity index (χ1n) is 5.55. The summed E-state index contributed by atoms with van der Waals surface area (Å²) < 4.78 is 0. The monoisotopic (exact) mass is 227 g/mol. The van der Waals surface area contributed by atoms with Gasteiger partial charge in [0.25, 0.3) is 5.91 Å². The van der Waals surface area contributed by atoms with Crippen LogP contribution in [0.4, 0.5) is 0 Å². The molecule has 0 saturated heterocycles. The molecule has 0 saturated carbocycles. The highest BCUT2D eigenvalue weighted by Crippen LogP contribution is 2.01. The molecule has 0 spiro atoms. The summed E-state index contributed by atoms with van der Waals surface area (Å²) in [5.74, 6) is -0.0909. The zero-order valence-electron chi connectivity index (χ0n) is 10.0. The fraction of sp³-hybridized carbons (Fsp3) is 0.133. The van der Waals surface area contributed by atoms with Crippen LogP contribution < -0.4 is 5.32 Å². The molecule has 17 heavy (non-hydrogen) atoms. The molecule has 88 valence electrons. The average Bonchev–Trinajstić information content (AvgIpc) is 2.37. The number of amides is 1. The normalized spacial score (nSPS) is 11.5. The Kier molecular flexibility index (Phi) is 5.52. The van der Waals surface area contributed by atoms with Crippen LogP contribution in [0.15, 0.2) is 66.8 Å². The fourth-order valence-corrected chi connectivity index (χ4v) is 1.39. The Morgan fingerprint density at radius 2 is 2.06 bits per heavy atom. The van der Waals surface area contributed by atoms with Crippen molar-refractivity contribution in [1.82, 2.24) is 5.32 Å². The first-order valence-corrected chi connectivity index (χ1v) is 5.55. The second kappa shape index (κ2) is 7.23. The number of allylic oxidation sites excluding steroid dienone is 3. The second-order valence-corrected chi connectivity index (χ2v) is 3.53. The van der Waals surface area contributed by atoms with E-state index >= 15 is 0 Å². The van der Waals surface area contributed by atoms with Gasteiger partial charge in [-0.25, -0.2) is 0 Å². The van der Waals surface area contributed by atoms with Crippen molar-refractivity contribution in [2.45, 2.75) is 13.5 Å². The minimum absolute atomic E-state index is 0.0909. The van der Waals surface area contributed by atoms with Crippen LogP contribution in [0.25, 0.3) is 0 Å². The summed E-state index contributed by atoms with van der Waals surface area (Å²) in [7, 11) is 0. The standard InChI is InChI=1S/C15H17NO/c1-3-8-14(9-4-2)15(17)16-12-13-10-6-5-7-11-13/h3-11H,1,12H2,2H3,(H,16,17)/b9-4-,14-8+. The molecule has 2 heteroatoms. The third-order valence-electron chi connectivity index (χ3n) is 2.20. The smallest absolute Gasteiger partial charge is 0.251 e. The van der Waals surface area contributed by atoms with Gasteiger partial charge in [-0.05, 0) is 12.5 Å². The maximum Gasteiger partial charge on any atom is 0.251 e. The molecule has 1 N–H and O–H groups in total. The number of nitrogens with one attached hydrogen (secondary N) is 1. The van der Waals surface area contributed by atoms with Crippen LogP contribution >= 0.6 is 0 Å². The lowest BCUT2D eigenvalue weighted by Gasteiger charge is -2.05. The van der Waals surface area contributed by atoms with Crippen molar-refractivity contribution < 1.29 is 4.79 Å². The van der Waals surface area contributed by atoms with Gasteiger partial charge < -0.3 is 5.32 Å². The van der Waals surface area contributed by atoms with E-state index < -0.39 is 0 Å². The average molecular weight is 227 g/mol. The molecule has 1 amide bonds. The zero-order valence-corrected chi connectivity index (χ0v) is 10.0. The minimum Gasteiger partial charge on any atom is -0.348 e. The van der Waals surface area contributed by atoms with Crippen LogP contribution in [0.2, 0.25) is 0 Å². The SMILES string of the molecule is C=C/C=C(\C=C/C)C(=O)NCc1ccccc1. The minimum atomic E-state index is -0.0909. The van der Waals surface area contributed by atoms with Gasteiger partial charge in [0.2, 0.25) is 0 Å². The van der Waals surface area contributed by atoms with Crippen molar-refractivity contribution in [3.05, 3.63) is 72.4 Å². The molecule has 0 aliphatic carbocycles. The number of hydrogen-bond donors (Lipinski definition) is 1. The predicted molar refractivity (Wildman–Crippen MR) is 71.4 cm³/mol. The molecule has 0 heterocycles. The van der Waals surface area contributed by atoms with Gasteiger partial charge in [0.1, 0.15) is 0 Å². The number of benzene rings is 1. The summed E-state index contributed by atoms with van der Waals surface area (Å²) in [6.07, 6.45) is 6.90. The molecule has 0 atom stereocenters. The molecule has 0 radical (unpaired) electrons. The van der Waals surface area contributed by atoms with E-state index in [0.29, 0.717) is 12.1 Å². The molecule has 0 aliphatic heterocycles.